The number of hydrogen-bond acceptors (Lipinski definition) is 2. The van der Waals surface area contributed by atoms with Gasteiger partial charge < -0.3 is 0 Å². The predicted octanol–water partition coefficient (Wildman–Crippen LogP) is 2.17. The molecule has 0 aromatic heterocycles. The molecular weight excluding hydrogens is 208 g/mol. The van der Waals surface area contributed by atoms with Crippen molar-refractivity contribution in [1.82, 2.24) is 0 Å². The van der Waals surface area contributed by atoms with E-state index in [1.807, 2.05) is 12.1 Å². The van der Waals surface area contributed by atoms with Gasteiger partial charge in [-0.2, -0.15) is 9.59 Å². The van der Waals surface area contributed by atoms with Crippen molar-refractivity contribution in [3.63, 3.8) is 0 Å². The third-order valence-electron chi connectivity index (χ3n) is 1.01. The highest BCUT2D eigenvalue weighted by Crippen LogP contribution is 2.08. The summed E-state index contributed by atoms with van der Waals surface area (Å²) in [6.45, 7) is 2.08. The number of hydrogen-bond donors (Lipinski definition) is 0. The zero-order valence-corrected chi connectivity index (χ0v) is 7.59. The second kappa shape index (κ2) is 5.83. The maximum Gasteiger partial charge on any atom is 0.373 e. The first-order chi connectivity index (χ1) is 5.20. The number of carbonyl (C=O) groups excluding carboxylic acids is 2. The summed E-state index contributed by atoms with van der Waals surface area (Å²) in [5.74, 6) is 0. The van der Waals surface area contributed by atoms with Gasteiger partial charge in [-0.25, -0.2) is 0 Å². The molecule has 0 aliphatic carbocycles. The van der Waals surface area contributed by atoms with Crippen LogP contribution in [0.5, 0.6) is 0 Å². The molecular formula is C8H7BrO2. The van der Waals surface area contributed by atoms with Gasteiger partial charge in [-0.15, -0.1) is 0 Å². The monoisotopic (exact) mass is 214 g/mol. The Kier molecular flexibility index (Phi) is 5.35. The van der Waals surface area contributed by atoms with Gasteiger partial charge in [-0.3, -0.25) is 0 Å². The summed E-state index contributed by atoms with van der Waals surface area (Å²) in [6, 6.07) is 8.22. The Bertz CT molecular complexity index is 214. The fraction of sp³-hybridized carbons (Fsp3) is 0.125. The zero-order chi connectivity index (χ0) is 8.69. The minimum Gasteiger partial charge on any atom is -0.186 e. The molecule has 0 fully saturated rings. The lowest BCUT2D eigenvalue weighted by Crippen LogP contribution is -1.66. The summed E-state index contributed by atoms with van der Waals surface area (Å²) in [5.41, 5.74) is 1.30. The molecule has 1 aromatic rings. The van der Waals surface area contributed by atoms with Crippen LogP contribution in [0.3, 0.4) is 0 Å². The van der Waals surface area contributed by atoms with E-state index in [1.165, 1.54) is 5.56 Å². The topological polar surface area (TPSA) is 34.1 Å². The summed E-state index contributed by atoms with van der Waals surface area (Å²) in [4.78, 5) is 16.2. The van der Waals surface area contributed by atoms with E-state index in [-0.39, 0.29) is 6.15 Å². The van der Waals surface area contributed by atoms with E-state index < -0.39 is 0 Å². The standard InChI is InChI=1S/C7H7Br.CO2/c1-6-2-4-7(8)5-3-6;2-1-3/h2-5H,1H3;. The number of rotatable bonds is 0. The third-order valence-corrected chi connectivity index (χ3v) is 1.54. The van der Waals surface area contributed by atoms with Crippen molar-refractivity contribution in [3.05, 3.63) is 34.3 Å². The summed E-state index contributed by atoms with van der Waals surface area (Å²) in [6.07, 6.45) is 0.250. The number of aryl methyl sites for hydroxylation is 1. The van der Waals surface area contributed by atoms with Crippen LogP contribution < -0.4 is 0 Å². The zero-order valence-electron chi connectivity index (χ0n) is 6.00. The molecule has 0 N–H and O–H groups in total. The lowest BCUT2D eigenvalue weighted by molar-refractivity contribution is -0.191. The van der Waals surface area contributed by atoms with E-state index in [9.17, 15) is 0 Å². The Morgan fingerprint density at radius 2 is 1.55 bits per heavy atom. The molecule has 0 aliphatic rings. The number of halogens is 1. The van der Waals surface area contributed by atoms with Crippen molar-refractivity contribution in [2.45, 2.75) is 6.92 Å². The molecule has 0 aliphatic heterocycles. The van der Waals surface area contributed by atoms with Gasteiger partial charge in [-0.1, -0.05) is 33.6 Å². The van der Waals surface area contributed by atoms with E-state index in [4.69, 9.17) is 9.59 Å². The van der Waals surface area contributed by atoms with Crippen LogP contribution in [-0.2, 0) is 9.59 Å². The Balaban J connectivity index is 0.000000292. The van der Waals surface area contributed by atoms with Gasteiger partial charge in [0.1, 0.15) is 0 Å². The maximum atomic E-state index is 8.12. The average Bonchev–Trinajstić information content (AvgIpc) is 1.97. The lowest BCUT2D eigenvalue weighted by Gasteiger charge is -1.88. The van der Waals surface area contributed by atoms with Gasteiger partial charge in [0.25, 0.3) is 0 Å². The highest BCUT2D eigenvalue weighted by molar-refractivity contribution is 9.10. The highest BCUT2D eigenvalue weighted by atomic mass is 79.9. The Morgan fingerprint density at radius 3 is 1.82 bits per heavy atom. The largest absolute Gasteiger partial charge is 0.373 e. The first kappa shape index (κ1) is 10.1. The van der Waals surface area contributed by atoms with Crippen LogP contribution in [0.4, 0.5) is 0 Å². The van der Waals surface area contributed by atoms with Crippen molar-refractivity contribution in [2.75, 3.05) is 0 Å². The summed E-state index contributed by atoms with van der Waals surface area (Å²) >= 11 is 3.35. The molecule has 0 unspecified atom stereocenters. The quantitative estimate of drug-likeness (QED) is 0.664. The number of benzene rings is 1. The van der Waals surface area contributed by atoms with Crippen molar-refractivity contribution in [1.29, 1.82) is 0 Å². The Labute approximate surface area is 73.4 Å². The van der Waals surface area contributed by atoms with Crippen LogP contribution in [0.25, 0.3) is 0 Å². The smallest absolute Gasteiger partial charge is 0.186 e. The molecule has 2 nitrogen and oxygen atoms in total. The molecule has 3 heteroatoms. The van der Waals surface area contributed by atoms with Gasteiger partial charge in [0, 0.05) is 4.47 Å². The molecule has 0 spiro atoms. The van der Waals surface area contributed by atoms with Gasteiger partial charge in [0.15, 0.2) is 0 Å². The van der Waals surface area contributed by atoms with Gasteiger partial charge >= 0.3 is 6.15 Å². The molecule has 0 saturated heterocycles. The Morgan fingerprint density at radius 1 is 1.18 bits per heavy atom. The van der Waals surface area contributed by atoms with Gasteiger partial charge in [0.05, 0.1) is 0 Å². The van der Waals surface area contributed by atoms with Gasteiger partial charge in [0.2, 0.25) is 0 Å². The van der Waals surface area contributed by atoms with Crippen LogP contribution >= 0.6 is 15.9 Å². The molecule has 0 bridgehead atoms. The molecule has 1 rings (SSSR count). The summed E-state index contributed by atoms with van der Waals surface area (Å²) in [7, 11) is 0. The normalized spacial score (nSPS) is 7.45. The van der Waals surface area contributed by atoms with Crippen molar-refractivity contribution >= 4 is 22.1 Å². The molecule has 0 saturated carbocycles. The van der Waals surface area contributed by atoms with Crippen molar-refractivity contribution in [3.8, 4) is 0 Å². The molecule has 0 atom stereocenters. The molecule has 0 radical (unpaired) electrons. The van der Waals surface area contributed by atoms with Crippen molar-refractivity contribution in [2.24, 2.45) is 0 Å². The predicted molar refractivity (Wildman–Crippen MR) is 43.9 cm³/mol. The van der Waals surface area contributed by atoms with Crippen LogP contribution in [-0.4, -0.2) is 6.15 Å². The van der Waals surface area contributed by atoms with E-state index in [0.717, 1.165) is 4.47 Å². The van der Waals surface area contributed by atoms with Crippen molar-refractivity contribution < 1.29 is 9.59 Å². The highest BCUT2D eigenvalue weighted by Gasteiger charge is 1.81. The van der Waals surface area contributed by atoms with E-state index in [0.29, 0.717) is 0 Å². The first-order valence-electron chi connectivity index (χ1n) is 2.92. The molecule has 0 heterocycles. The molecule has 11 heavy (non-hydrogen) atoms. The van der Waals surface area contributed by atoms with Crippen LogP contribution in [0.15, 0.2) is 28.7 Å². The van der Waals surface area contributed by atoms with E-state index >= 15 is 0 Å². The molecule has 0 amide bonds. The van der Waals surface area contributed by atoms with Crippen LogP contribution in [0.2, 0.25) is 0 Å². The fourth-order valence-electron chi connectivity index (χ4n) is 0.533. The second-order valence-electron chi connectivity index (χ2n) is 1.88. The lowest BCUT2D eigenvalue weighted by atomic mass is 10.2. The summed E-state index contributed by atoms with van der Waals surface area (Å²) < 4.78 is 1.14. The summed E-state index contributed by atoms with van der Waals surface area (Å²) in [5, 5.41) is 0. The van der Waals surface area contributed by atoms with Crippen LogP contribution in [0.1, 0.15) is 5.56 Å². The van der Waals surface area contributed by atoms with E-state index in [1.54, 1.807) is 0 Å². The Hall–Kier alpha value is -0.920. The minimum atomic E-state index is 0.250. The molecule has 1 aromatic carbocycles. The minimum absolute atomic E-state index is 0.250. The molecule has 58 valence electrons. The van der Waals surface area contributed by atoms with E-state index in [2.05, 4.69) is 35.0 Å². The fourth-order valence-corrected chi connectivity index (χ4v) is 0.798. The SMILES string of the molecule is Cc1ccc(Br)cc1.O=C=O. The van der Waals surface area contributed by atoms with Gasteiger partial charge in [-0.05, 0) is 19.1 Å². The second-order valence-corrected chi connectivity index (χ2v) is 2.79. The average molecular weight is 215 g/mol. The maximum absolute atomic E-state index is 8.12. The first-order valence-corrected chi connectivity index (χ1v) is 3.71. The third kappa shape index (κ3) is 5.52. The van der Waals surface area contributed by atoms with Crippen LogP contribution in [0, 0.1) is 6.92 Å².